The Hall–Kier alpha value is -0.580. The fourth-order valence-electron chi connectivity index (χ4n) is 3.01. The van der Waals surface area contributed by atoms with Gasteiger partial charge in [-0.2, -0.15) is 0 Å². The molecule has 2 saturated heterocycles. The number of hydrogen-bond donors (Lipinski definition) is 1. The van der Waals surface area contributed by atoms with Crippen LogP contribution in [-0.4, -0.2) is 36.5 Å². The van der Waals surface area contributed by atoms with Crippen molar-refractivity contribution in [1.29, 1.82) is 0 Å². The summed E-state index contributed by atoms with van der Waals surface area (Å²) in [4.78, 5) is 15.1. The molecule has 3 rings (SSSR count). The Kier molecular flexibility index (Phi) is 2.89. The van der Waals surface area contributed by atoms with Crippen LogP contribution in [-0.2, 0) is 0 Å². The lowest BCUT2D eigenvalue weighted by Crippen LogP contribution is -2.37. The average molecular weight is 271 g/mol. The molecule has 17 heavy (non-hydrogen) atoms. The Morgan fingerprint density at radius 3 is 3.06 bits per heavy atom. The van der Waals surface area contributed by atoms with E-state index in [2.05, 4.69) is 12.2 Å². The van der Waals surface area contributed by atoms with Gasteiger partial charge in [-0.25, -0.2) is 0 Å². The van der Waals surface area contributed by atoms with E-state index in [0.717, 1.165) is 19.6 Å². The van der Waals surface area contributed by atoms with Crippen LogP contribution in [0.3, 0.4) is 0 Å². The fraction of sp³-hybridized carbons (Fsp3) is 0.583. The molecule has 0 aromatic carbocycles. The molecule has 3 nitrogen and oxygen atoms in total. The van der Waals surface area contributed by atoms with E-state index in [1.54, 1.807) is 6.07 Å². The first kappa shape index (κ1) is 11.5. The zero-order chi connectivity index (χ0) is 12.0. The van der Waals surface area contributed by atoms with Crippen molar-refractivity contribution in [2.45, 2.75) is 13.0 Å². The zero-order valence-electron chi connectivity index (χ0n) is 9.65. The maximum absolute atomic E-state index is 12.4. The van der Waals surface area contributed by atoms with Gasteiger partial charge in [0.25, 0.3) is 5.91 Å². The first-order chi connectivity index (χ1) is 8.18. The van der Waals surface area contributed by atoms with Crippen molar-refractivity contribution >= 4 is 28.8 Å². The molecule has 1 N–H and O–H groups in total. The number of hydrogen-bond acceptors (Lipinski definition) is 3. The third-order valence-electron chi connectivity index (χ3n) is 4.01. The summed E-state index contributed by atoms with van der Waals surface area (Å²) in [6.45, 7) is 5.09. The lowest BCUT2D eigenvalue weighted by molar-refractivity contribution is 0.0733. The number of likely N-dealkylation sites (tertiary alicyclic amines) is 1. The Labute approximate surface area is 110 Å². The smallest absolute Gasteiger partial charge is 0.265 e. The van der Waals surface area contributed by atoms with Crippen LogP contribution in [0.25, 0.3) is 0 Å². The summed E-state index contributed by atoms with van der Waals surface area (Å²) in [7, 11) is 0. The summed E-state index contributed by atoms with van der Waals surface area (Å²) in [5.74, 6) is 1.33. The molecule has 2 aliphatic heterocycles. The third-order valence-corrected chi connectivity index (χ3v) is 5.34. The second-order valence-electron chi connectivity index (χ2n) is 4.88. The first-order valence-corrected chi connectivity index (χ1v) is 7.19. The van der Waals surface area contributed by atoms with Crippen LogP contribution in [0.15, 0.2) is 11.4 Å². The van der Waals surface area contributed by atoms with Crippen molar-refractivity contribution in [1.82, 2.24) is 10.2 Å². The minimum atomic E-state index is 0.104. The van der Waals surface area contributed by atoms with Gasteiger partial charge in [-0.15, -0.1) is 11.3 Å². The number of amides is 1. The van der Waals surface area contributed by atoms with Crippen LogP contribution in [0.1, 0.15) is 16.6 Å². The summed E-state index contributed by atoms with van der Waals surface area (Å²) in [6.07, 6.45) is 0. The van der Waals surface area contributed by atoms with Gasteiger partial charge in [0.05, 0.1) is 5.02 Å². The Morgan fingerprint density at radius 1 is 1.59 bits per heavy atom. The monoisotopic (exact) mass is 270 g/mol. The van der Waals surface area contributed by atoms with Crippen LogP contribution in [0.4, 0.5) is 0 Å². The molecule has 0 bridgehead atoms. The van der Waals surface area contributed by atoms with Gasteiger partial charge in [0.2, 0.25) is 0 Å². The topological polar surface area (TPSA) is 32.3 Å². The van der Waals surface area contributed by atoms with Crippen LogP contribution in [0.5, 0.6) is 0 Å². The fourth-order valence-corrected chi connectivity index (χ4v) is 4.10. The van der Waals surface area contributed by atoms with Gasteiger partial charge in [-0.05, 0) is 30.2 Å². The molecule has 1 aromatic rings. The quantitative estimate of drug-likeness (QED) is 0.847. The molecule has 3 unspecified atom stereocenters. The summed E-state index contributed by atoms with van der Waals surface area (Å²) in [6, 6.07) is 2.11. The Balaban J connectivity index is 1.82. The number of carbonyl (C=O) groups excluding carboxylic acids is 1. The van der Waals surface area contributed by atoms with Crippen LogP contribution >= 0.6 is 22.9 Å². The standard InChI is InChI=1S/C12H15ClN2OS/c1-7-9-5-14-4-8(9)6-15(7)12(16)11-10(13)2-3-17-11/h2-3,7-9,14H,4-6H2,1H3. The molecule has 1 amide bonds. The lowest BCUT2D eigenvalue weighted by atomic mass is 9.95. The molecule has 0 radical (unpaired) electrons. The van der Waals surface area contributed by atoms with Gasteiger partial charge >= 0.3 is 0 Å². The Morgan fingerprint density at radius 2 is 2.41 bits per heavy atom. The van der Waals surface area contributed by atoms with Gasteiger partial charge in [0.1, 0.15) is 4.88 Å². The van der Waals surface area contributed by atoms with E-state index in [-0.39, 0.29) is 5.91 Å². The highest BCUT2D eigenvalue weighted by atomic mass is 35.5. The van der Waals surface area contributed by atoms with E-state index in [0.29, 0.717) is 27.8 Å². The van der Waals surface area contributed by atoms with Crippen molar-refractivity contribution in [3.05, 3.63) is 21.3 Å². The van der Waals surface area contributed by atoms with Crippen molar-refractivity contribution in [2.24, 2.45) is 11.8 Å². The molecule has 2 aliphatic rings. The van der Waals surface area contributed by atoms with E-state index >= 15 is 0 Å². The number of fused-ring (bicyclic) bond motifs is 1. The average Bonchev–Trinajstić information content (AvgIpc) is 2.96. The summed E-state index contributed by atoms with van der Waals surface area (Å²) in [5, 5.41) is 5.86. The largest absolute Gasteiger partial charge is 0.335 e. The highest BCUT2D eigenvalue weighted by Crippen LogP contribution is 2.35. The van der Waals surface area contributed by atoms with Gasteiger partial charge in [-0.1, -0.05) is 11.6 Å². The molecular formula is C12H15ClN2OS. The number of halogens is 1. The highest BCUT2D eigenvalue weighted by Gasteiger charge is 2.44. The maximum Gasteiger partial charge on any atom is 0.265 e. The molecule has 0 saturated carbocycles. The van der Waals surface area contributed by atoms with Gasteiger partial charge in [0.15, 0.2) is 0 Å². The molecule has 92 valence electrons. The number of nitrogens with one attached hydrogen (secondary N) is 1. The molecule has 3 atom stereocenters. The number of rotatable bonds is 1. The van der Waals surface area contributed by atoms with E-state index in [9.17, 15) is 4.79 Å². The van der Waals surface area contributed by atoms with E-state index in [1.165, 1.54) is 11.3 Å². The van der Waals surface area contributed by atoms with E-state index in [4.69, 9.17) is 11.6 Å². The van der Waals surface area contributed by atoms with Gasteiger partial charge < -0.3 is 10.2 Å². The van der Waals surface area contributed by atoms with Crippen molar-refractivity contribution in [2.75, 3.05) is 19.6 Å². The number of thiophene rings is 1. The third kappa shape index (κ3) is 1.79. The van der Waals surface area contributed by atoms with Crippen molar-refractivity contribution < 1.29 is 4.79 Å². The lowest BCUT2D eigenvalue weighted by Gasteiger charge is -2.24. The van der Waals surface area contributed by atoms with Crippen molar-refractivity contribution in [3.63, 3.8) is 0 Å². The van der Waals surface area contributed by atoms with Gasteiger partial charge in [0, 0.05) is 25.7 Å². The first-order valence-electron chi connectivity index (χ1n) is 5.93. The minimum Gasteiger partial charge on any atom is -0.335 e. The van der Waals surface area contributed by atoms with Crippen molar-refractivity contribution in [3.8, 4) is 0 Å². The molecule has 0 spiro atoms. The SMILES string of the molecule is CC1C2CNCC2CN1C(=O)c1sccc1Cl. The molecular weight excluding hydrogens is 256 g/mol. The van der Waals surface area contributed by atoms with Crippen LogP contribution in [0, 0.1) is 11.8 Å². The second kappa shape index (κ2) is 4.26. The molecule has 1 aromatic heterocycles. The van der Waals surface area contributed by atoms with E-state index in [1.807, 2.05) is 10.3 Å². The van der Waals surface area contributed by atoms with Crippen LogP contribution < -0.4 is 5.32 Å². The summed E-state index contributed by atoms with van der Waals surface area (Å²) < 4.78 is 0. The minimum absolute atomic E-state index is 0.104. The predicted molar refractivity (Wildman–Crippen MR) is 69.7 cm³/mol. The van der Waals surface area contributed by atoms with E-state index < -0.39 is 0 Å². The van der Waals surface area contributed by atoms with Gasteiger partial charge in [-0.3, -0.25) is 4.79 Å². The summed E-state index contributed by atoms with van der Waals surface area (Å²) >= 11 is 7.47. The molecule has 2 fully saturated rings. The number of nitrogens with zero attached hydrogens (tertiary/aromatic N) is 1. The molecule has 0 aliphatic carbocycles. The maximum atomic E-state index is 12.4. The Bertz CT molecular complexity index is 447. The molecule has 5 heteroatoms. The zero-order valence-corrected chi connectivity index (χ0v) is 11.2. The normalized spacial score (nSPS) is 31.9. The highest BCUT2D eigenvalue weighted by molar-refractivity contribution is 7.12. The number of carbonyl (C=O) groups is 1. The second-order valence-corrected chi connectivity index (χ2v) is 6.20. The van der Waals surface area contributed by atoms with Crippen LogP contribution in [0.2, 0.25) is 5.02 Å². The molecule has 3 heterocycles. The predicted octanol–water partition coefficient (Wildman–Crippen LogP) is 2.08. The summed E-state index contributed by atoms with van der Waals surface area (Å²) in [5.41, 5.74) is 0.